The van der Waals surface area contributed by atoms with Crippen molar-refractivity contribution >= 4 is 17.9 Å². The van der Waals surface area contributed by atoms with Crippen molar-refractivity contribution in [3.63, 3.8) is 0 Å². The van der Waals surface area contributed by atoms with E-state index in [1.807, 2.05) is 12.1 Å². The average Bonchev–Trinajstić information content (AvgIpc) is 2.38. The van der Waals surface area contributed by atoms with Gasteiger partial charge in [-0.2, -0.15) is 0 Å². The normalized spacial score (nSPS) is 10.0. The second-order valence-electron chi connectivity index (χ2n) is 3.43. The van der Waals surface area contributed by atoms with Gasteiger partial charge in [-0.1, -0.05) is 11.6 Å². The number of hydrogen-bond donors (Lipinski definition) is 0. The summed E-state index contributed by atoms with van der Waals surface area (Å²) in [7, 11) is 1.55. The summed E-state index contributed by atoms with van der Waals surface area (Å²) < 4.78 is 5.26. The Kier molecular flexibility index (Phi) is 3.40. The van der Waals surface area contributed by atoms with Crippen LogP contribution in [0.2, 0.25) is 5.02 Å². The molecular formula is C13H10ClNO2. The molecule has 2 rings (SSSR count). The topological polar surface area (TPSA) is 39.2 Å². The Hall–Kier alpha value is -1.87. The highest BCUT2D eigenvalue weighted by Crippen LogP contribution is 2.35. The van der Waals surface area contributed by atoms with Gasteiger partial charge in [0.2, 0.25) is 0 Å². The molecule has 0 fully saturated rings. The summed E-state index contributed by atoms with van der Waals surface area (Å²) in [5.41, 5.74) is 2.10. The predicted octanol–water partition coefficient (Wildman–Crippen LogP) is 3.22. The Balaban J connectivity index is 2.70. The van der Waals surface area contributed by atoms with Crippen molar-refractivity contribution in [2.24, 2.45) is 0 Å². The minimum absolute atomic E-state index is 0.474. The van der Waals surface area contributed by atoms with E-state index in [2.05, 4.69) is 4.98 Å². The van der Waals surface area contributed by atoms with E-state index in [1.54, 1.807) is 31.6 Å². The highest BCUT2D eigenvalue weighted by Gasteiger charge is 2.12. The summed E-state index contributed by atoms with van der Waals surface area (Å²) in [6, 6.07) is 6.94. The smallest absolute Gasteiger partial charge is 0.150 e. The molecule has 17 heavy (non-hydrogen) atoms. The van der Waals surface area contributed by atoms with Crippen LogP contribution in [0, 0.1) is 0 Å². The molecule has 0 unspecified atom stereocenters. The molecule has 0 bridgehead atoms. The zero-order chi connectivity index (χ0) is 12.3. The quantitative estimate of drug-likeness (QED) is 0.782. The van der Waals surface area contributed by atoms with Gasteiger partial charge >= 0.3 is 0 Å². The van der Waals surface area contributed by atoms with Gasteiger partial charge in [0, 0.05) is 28.5 Å². The summed E-state index contributed by atoms with van der Waals surface area (Å²) in [5, 5.41) is 0.474. The summed E-state index contributed by atoms with van der Waals surface area (Å²) in [6.07, 6.45) is 4.10. The van der Waals surface area contributed by atoms with E-state index in [-0.39, 0.29) is 0 Å². The molecule has 3 nitrogen and oxygen atoms in total. The highest BCUT2D eigenvalue weighted by molar-refractivity contribution is 6.31. The Morgan fingerprint density at radius 1 is 1.29 bits per heavy atom. The number of carbonyl (C=O) groups is 1. The molecule has 0 saturated heterocycles. The third-order valence-corrected chi connectivity index (χ3v) is 2.63. The molecule has 4 heteroatoms. The number of rotatable bonds is 3. The molecule has 2 aromatic rings. The standard InChI is InChI=1S/C13H10ClNO2/c1-17-12-7-11(14)6-10(8-16)13(12)9-2-4-15-5-3-9/h2-8H,1H3. The van der Waals surface area contributed by atoms with Crippen molar-refractivity contribution in [2.75, 3.05) is 7.11 Å². The minimum atomic E-state index is 0.474. The minimum Gasteiger partial charge on any atom is -0.496 e. The van der Waals surface area contributed by atoms with Crippen molar-refractivity contribution in [3.8, 4) is 16.9 Å². The fourth-order valence-electron chi connectivity index (χ4n) is 1.68. The number of benzene rings is 1. The summed E-state index contributed by atoms with van der Waals surface area (Å²) in [4.78, 5) is 15.0. The number of ether oxygens (including phenoxy) is 1. The van der Waals surface area contributed by atoms with Crippen LogP contribution < -0.4 is 4.74 Å². The third kappa shape index (κ3) is 2.29. The Labute approximate surface area is 104 Å². The van der Waals surface area contributed by atoms with Gasteiger partial charge in [0.05, 0.1) is 7.11 Å². The van der Waals surface area contributed by atoms with Crippen molar-refractivity contribution in [1.29, 1.82) is 0 Å². The van der Waals surface area contributed by atoms with Gasteiger partial charge in [0.25, 0.3) is 0 Å². The Morgan fingerprint density at radius 2 is 2.00 bits per heavy atom. The van der Waals surface area contributed by atoms with Crippen LogP contribution in [0.15, 0.2) is 36.7 Å². The van der Waals surface area contributed by atoms with Crippen molar-refractivity contribution in [3.05, 3.63) is 47.2 Å². The lowest BCUT2D eigenvalue weighted by Crippen LogP contribution is -1.94. The van der Waals surface area contributed by atoms with Gasteiger partial charge in [0.1, 0.15) is 5.75 Å². The molecule has 0 aliphatic rings. The fourth-order valence-corrected chi connectivity index (χ4v) is 1.90. The molecule has 0 N–H and O–H groups in total. The van der Waals surface area contributed by atoms with E-state index in [4.69, 9.17) is 16.3 Å². The van der Waals surface area contributed by atoms with Crippen LogP contribution in [-0.4, -0.2) is 18.4 Å². The lowest BCUT2D eigenvalue weighted by atomic mass is 10.0. The van der Waals surface area contributed by atoms with Crippen molar-refractivity contribution in [2.45, 2.75) is 0 Å². The van der Waals surface area contributed by atoms with E-state index in [1.165, 1.54) is 0 Å². The van der Waals surface area contributed by atoms with E-state index >= 15 is 0 Å². The zero-order valence-corrected chi connectivity index (χ0v) is 9.94. The van der Waals surface area contributed by atoms with Gasteiger partial charge < -0.3 is 4.74 Å². The Bertz CT molecular complexity index is 541. The van der Waals surface area contributed by atoms with Gasteiger partial charge in [0.15, 0.2) is 6.29 Å². The maximum absolute atomic E-state index is 11.1. The molecule has 0 amide bonds. The average molecular weight is 248 g/mol. The number of aldehydes is 1. The van der Waals surface area contributed by atoms with Gasteiger partial charge in [-0.25, -0.2) is 0 Å². The lowest BCUT2D eigenvalue weighted by molar-refractivity contribution is 0.112. The number of hydrogen-bond acceptors (Lipinski definition) is 3. The molecule has 0 spiro atoms. The first-order chi connectivity index (χ1) is 8.26. The predicted molar refractivity (Wildman–Crippen MR) is 66.6 cm³/mol. The van der Waals surface area contributed by atoms with Crippen LogP contribution >= 0.6 is 11.6 Å². The zero-order valence-electron chi connectivity index (χ0n) is 9.18. The first-order valence-corrected chi connectivity index (χ1v) is 5.37. The summed E-state index contributed by atoms with van der Waals surface area (Å²) >= 11 is 5.92. The van der Waals surface area contributed by atoms with Crippen LogP contribution in [-0.2, 0) is 0 Å². The molecule has 1 aromatic carbocycles. The van der Waals surface area contributed by atoms with Crippen LogP contribution in [0.1, 0.15) is 10.4 Å². The maximum atomic E-state index is 11.1. The monoisotopic (exact) mass is 247 g/mol. The SMILES string of the molecule is COc1cc(Cl)cc(C=O)c1-c1ccncc1. The van der Waals surface area contributed by atoms with Crippen molar-refractivity contribution < 1.29 is 9.53 Å². The van der Waals surface area contributed by atoms with Gasteiger partial charge in [-0.15, -0.1) is 0 Å². The first-order valence-electron chi connectivity index (χ1n) is 4.99. The molecule has 0 radical (unpaired) electrons. The van der Waals surface area contributed by atoms with Gasteiger partial charge in [-0.3, -0.25) is 9.78 Å². The third-order valence-electron chi connectivity index (χ3n) is 2.41. The molecule has 1 heterocycles. The molecule has 0 atom stereocenters. The van der Waals surface area contributed by atoms with Crippen LogP contribution in [0.3, 0.4) is 0 Å². The first kappa shape index (κ1) is 11.6. The summed E-state index contributed by atoms with van der Waals surface area (Å²) in [6.45, 7) is 0. The molecule has 0 aliphatic heterocycles. The van der Waals surface area contributed by atoms with E-state index < -0.39 is 0 Å². The second kappa shape index (κ2) is 4.97. The van der Waals surface area contributed by atoms with Crippen molar-refractivity contribution in [1.82, 2.24) is 4.98 Å². The number of halogens is 1. The maximum Gasteiger partial charge on any atom is 0.150 e. The molecule has 0 saturated carbocycles. The number of carbonyl (C=O) groups excluding carboxylic acids is 1. The summed E-state index contributed by atoms with van der Waals surface area (Å²) in [5.74, 6) is 0.575. The van der Waals surface area contributed by atoms with Crippen LogP contribution in [0.25, 0.3) is 11.1 Å². The van der Waals surface area contributed by atoms with Gasteiger partial charge in [-0.05, 0) is 29.8 Å². The number of pyridine rings is 1. The largest absolute Gasteiger partial charge is 0.496 e. The Morgan fingerprint density at radius 3 is 2.59 bits per heavy atom. The van der Waals surface area contributed by atoms with E-state index in [0.29, 0.717) is 16.3 Å². The highest BCUT2D eigenvalue weighted by atomic mass is 35.5. The lowest BCUT2D eigenvalue weighted by Gasteiger charge is -2.11. The number of nitrogens with zero attached hydrogens (tertiary/aromatic N) is 1. The molecule has 86 valence electrons. The number of aromatic nitrogens is 1. The van der Waals surface area contributed by atoms with E-state index in [0.717, 1.165) is 17.4 Å². The molecule has 1 aromatic heterocycles. The fraction of sp³-hybridized carbons (Fsp3) is 0.0769. The van der Waals surface area contributed by atoms with Crippen LogP contribution in [0.4, 0.5) is 0 Å². The number of methoxy groups -OCH3 is 1. The van der Waals surface area contributed by atoms with E-state index in [9.17, 15) is 4.79 Å². The van der Waals surface area contributed by atoms with Crippen LogP contribution in [0.5, 0.6) is 5.75 Å². The second-order valence-corrected chi connectivity index (χ2v) is 3.86. The molecular weight excluding hydrogens is 238 g/mol. The molecule has 0 aliphatic carbocycles.